The molecular weight excluding hydrogens is 250 g/mol. The van der Waals surface area contributed by atoms with Gasteiger partial charge in [-0.05, 0) is 37.3 Å². The number of nitrogens with zero attached hydrogens (tertiary/aromatic N) is 2. The van der Waals surface area contributed by atoms with Crippen LogP contribution in [0.5, 0.6) is 0 Å². The normalized spacial score (nSPS) is 13.2. The lowest BCUT2D eigenvalue weighted by Crippen LogP contribution is -2.11. The van der Waals surface area contributed by atoms with Crippen LogP contribution < -0.4 is 5.73 Å². The smallest absolute Gasteiger partial charge is 0.126 e. The molecule has 1 atom stereocenters. The number of imidazole rings is 1. The highest BCUT2D eigenvalue weighted by molar-refractivity contribution is 5.80. The van der Waals surface area contributed by atoms with Gasteiger partial charge in [-0.25, -0.2) is 4.98 Å². The monoisotopic (exact) mass is 269 g/mol. The molecule has 0 aliphatic rings. The summed E-state index contributed by atoms with van der Waals surface area (Å²) in [7, 11) is 0. The second-order valence-electron chi connectivity index (χ2n) is 5.43. The summed E-state index contributed by atoms with van der Waals surface area (Å²) in [5.41, 5.74) is 8.63. The zero-order valence-corrected chi connectivity index (χ0v) is 12.0. The summed E-state index contributed by atoms with van der Waals surface area (Å²) in [6.07, 6.45) is 1.71. The van der Waals surface area contributed by atoms with E-state index in [9.17, 15) is 0 Å². The van der Waals surface area contributed by atoms with E-state index < -0.39 is 0 Å². The molecule has 4 heteroatoms. The summed E-state index contributed by atoms with van der Waals surface area (Å²) in [5.74, 6) is 2.32. The molecule has 0 aliphatic heterocycles. The Morgan fingerprint density at radius 2 is 2.00 bits per heavy atom. The molecule has 0 radical (unpaired) electrons. The standard InChI is InChI=1S/C16H19N3O/c1-10(2)16-18-13-9-12(17)6-7-14(13)19(16)11(3)15-5-4-8-20-15/h4-11H,17H2,1-3H3. The summed E-state index contributed by atoms with van der Waals surface area (Å²) >= 11 is 0. The fraction of sp³-hybridized carbons (Fsp3) is 0.312. The molecule has 0 spiro atoms. The largest absolute Gasteiger partial charge is 0.467 e. The highest BCUT2D eigenvalue weighted by Gasteiger charge is 2.20. The van der Waals surface area contributed by atoms with Gasteiger partial charge < -0.3 is 14.7 Å². The van der Waals surface area contributed by atoms with E-state index in [1.54, 1.807) is 6.26 Å². The fourth-order valence-electron chi connectivity index (χ4n) is 2.60. The van der Waals surface area contributed by atoms with Crippen molar-refractivity contribution in [2.24, 2.45) is 0 Å². The molecule has 104 valence electrons. The van der Waals surface area contributed by atoms with Gasteiger partial charge in [-0.2, -0.15) is 0 Å². The number of fused-ring (bicyclic) bond motifs is 1. The van der Waals surface area contributed by atoms with Crippen LogP contribution in [0.1, 0.15) is 44.3 Å². The van der Waals surface area contributed by atoms with Crippen molar-refractivity contribution in [2.75, 3.05) is 5.73 Å². The molecule has 0 aliphatic carbocycles. The van der Waals surface area contributed by atoms with Crippen molar-refractivity contribution in [2.45, 2.75) is 32.7 Å². The molecule has 4 nitrogen and oxygen atoms in total. The van der Waals surface area contributed by atoms with Crippen LogP contribution in [0.25, 0.3) is 11.0 Å². The minimum atomic E-state index is 0.107. The number of hydrogen-bond donors (Lipinski definition) is 1. The number of furan rings is 1. The highest BCUT2D eigenvalue weighted by atomic mass is 16.3. The lowest BCUT2D eigenvalue weighted by Gasteiger charge is -2.17. The van der Waals surface area contributed by atoms with Gasteiger partial charge in [0, 0.05) is 11.6 Å². The minimum Gasteiger partial charge on any atom is -0.467 e. The fourth-order valence-corrected chi connectivity index (χ4v) is 2.60. The number of rotatable bonds is 3. The summed E-state index contributed by atoms with van der Waals surface area (Å²) in [5, 5.41) is 0. The molecule has 1 unspecified atom stereocenters. The van der Waals surface area contributed by atoms with E-state index >= 15 is 0 Å². The number of nitrogen functional groups attached to an aromatic ring is 1. The number of nitrogens with two attached hydrogens (primary N) is 1. The topological polar surface area (TPSA) is 57.0 Å². The molecule has 2 N–H and O–H groups in total. The zero-order chi connectivity index (χ0) is 14.3. The van der Waals surface area contributed by atoms with Gasteiger partial charge >= 0.3 is 0 Å². The van der Waals surface area contributed by atoms with E-state index in [0.29, 0.717) is 5.92 Å². The summed E-state index contributed by atoms with van der Waals surface area (Å²) in [4.78, 5) is 4.75. The van der Waals surface area contributed by atoms with E-state index in [2.05, 4.69) is 25.3 Å². The molecule has 0 amide bonds. The second-order valence-corrected chi connectivity index (χ2v) is 5.43. The Labute approximate surface area is 118 Å². The third kappa shape index (κ3) is 1.97. The van der Waals surface area contributed by atoms with Gasteiger partial charge in [-0.3, -0.25) is 0 Å². The van der Waals surface area contributed by atoms with Crippen molar-refractivity contribution in [3.63, 3.8) is 0 Å². The molecule has 2 heterocycles. The molecule has 2 aromatic heterocycles. The van der Waals surface area contributed by atoms with Crippen molar-refractivity contribution >= 4 is 16.7 Å². The quantitative estimate of drug-likeness (QED) is 0.732. The Hall–Kier alpha value is -2.23. The van der Waals surface area contributed by atoms with E-state index in [4.69, 9.17) is 15.1 Å². The van der Waals surface area contributed by atoms with Crippen LogP contribution in [0.15, 0.2) is 41.0 Å². The average molecular weight is 269 g/mol. The molecule has 1 aromatic carbocycles. The van der Waals surface area contributed by atoms with Crippen LogP contribution in [0.2, 0.25) is 0 Å². The van der Waals surface area contributed by atoms with Crippen molar-refractivity contribution in [3.8, 4) is 0 Å². The maximum Gasteiger partial charge on any atom is 0.126 e. The first-order chi connectivity index (χ1) is 9.58. The third-order valence-corrected chi connectivity index (χ3v) is 3.60. The number of anilines is 1. The van der Waals surface area contributed by atoms with E-state index in [-0.39, 0.29) is 6.04 Å². The number of benzene rings is 1. The lowest BCUT2D eigenvalue weighted by atomic mass is 10.1. The van der Waals surface area contributed by atoms with Gasteiger partial charge in [0.05, 0.1) is 23.3 Å². The Bertz CT molecular complexity index is 726. The lowest BCUT2D eigenvalue weighted by molar-refractivity contribution is 0.441. The van der Waals surface area contributed by atoms with E-state index in [1.165, 1.54) is 0 Å². The van der Waals surface area contributed by atoms with Crippen LogP contribution in [-0.4, -0.2) is 9.55 Å². The Balaban J connectivity index is 2.24. The van der Waals surface area contributed by atoms with Crippen molar-refractivity contribution < 1.29 is 4.42 Å². The van der Waals surface area contributed by atoms with Crippen molar-refractivity contribution in [1.29, 1.82) is 0 Å². The second kappa shape index (κ2) is 4.71. The first-order valence-corrected chi connectivity index (χ1v) is 6.88. The molecule has 20 heavy (non-hydrogen) atoms. The van der Waals surface area contributed by atoms with E-state index in [1.807, 2.05) is 30.3 Å². The average Bonchev–Trinajstić information content (AvgIpc) is 3.04. The van der Waals surface area contributed by atoms with Gasteiger partial charge in [-0.1, -0.05) is 13.8 Å². The highest BCUT2D eigenvalue weighted by Crippen LogP contribution is 2.30. The first kappa shape index (κ1) is 12.8. The van der Waals surface area contributed by atoms with Gasteiger partial charge in [0.25, 0.3) is 0 Å². The molecule has 0 saturated carbocycles. The minimum absolute atomic E-state index is 0.107. The zero-order valence-electron chi connectivity index (χ0n) is 12.0. The Kier molecular flexibility index (Phi) is 3.01. The summed E-state index contributed by atoms with van der Waals surface area (Å²) in [6, 6.07) is 9.89. The van der Waals surface area contributed by atoms with E-state index in [0.717, 1.165) is 28.3 Å². The maximum absolute atomic E-state index is 5.86. The number of hydrogen-bond acceptors (Lipinski definition) is 3. The van der Waals surface area contributed by atoms with Crippen molar-refractivity contribution in [3.05, 3.63) is 48.2 Å². The summed E-state index contributed by atoms with van der Waals surface area (Å²) < 4.78 is 7.79. The van der Waals surface area contributed by atoms with Gasteiger partial charge in [0.2, 0.25) is 0 Å². The number of aromatic nitrogens is 2. The molecule has 0 saturated heterocycles. The molecule has 3 aromatic rings. The predicted octanol–water partition coefficient (Wildman–Crippen LogP) is 3.94. The third-order valence-electron chi connectivity index (χ3n) is 3.60. The molecule has 0 bridgehead atoms. The van der Waals surface area contributed by atoms with Crippen LogP contribution in [0, 0.1) is 0 Å². The van der Waals surface area contributed by atoms with Crippen molar-refractivity contribution in [1.82, 2.24) is 9.55 Å². The van der Waals surface area contributed by atoms with Crippen LogP contribution in [0.4, 0.5) is 5.69 Å². The Morgan fingerprint density at radius 1 is 1.20 bits per heavy atom. The first-order valence-electron chi connectivity index (χ1n) is 6.88. The molecular formula is C16H19N3O. The van der Waals surface area contributed by atoms with Gasteiger partial charge in [0.1, 0.15) is 11.6 Å². The molecule has 3 rings (SSSR count). The van der Waals surface area contributed by atoms with Gasteiger partial charge in [-0.15, -0.1) is 0 Å². The summed E-state index contributed by atoms with van der Waals surface area (Å²) in [6.45, 7) is 6.42. The SMILES string of the molecule is CC(C)c1nc2cc(N)ccc2n1C(C)c1ccco1. The molecule has 0 fully saturated rings. The maximum atomic E-state index is 5.86. The predicted molar refractivity (Wildman–Crippen MR) is 80.8 cm³/mol. The van der Waals surface area contributed by atoms with Crippen LogP contribution in [-0.2, 0) is 0 Å². The van der Waals surface area contributed by atoms with Gasteiger partial charge in [0.15, 0.2) is 0 Å². The Morgan fingerprint density at radius 3 is 2.65 bits per heavy atom. The van der Waals surface area contributed by atoms with Crippen LogP contribution >= 0.6 is 0 Å². The van der Waals surface area contributed by atoms with Crippen LogP contribution in [0.3, 0.4) is 0 Å².